The SMILES string of the molecule is CNC(=O)C1(c2ccc(NS(=O)(=O)c3ccc(Cl)s3)cc2)CCC1. The molecule has 1 amide bonds. The molecule has 1 heterocycles. The van der Waals surface area contributed by atoms with Crippen LogP contribution in [-0.2, 0) is 20.2 Å². The first-order valence-electron chi connectivity index (χ1n) is 7.48. The summed E-state index contributed by atoms with van der Waals surface area (Å²) in [7, 11) is -2.01. The zero-order valence-electron chi connectivity index (χ0n) is 13.0. The van der Waals surface area contributed by atoms with Gasteiger partial charge in [-0.1, -0.05) is 30.2 Å². The van der Waals surface area contributed by atoms with Crippen LogP contribution in [0.3, 0.4) is 0 Å². The van der Waals surface area contributed by atoms with E-state index in [4.69, 9.17) is 11.6 Å². The molecule has 128 valence electrons. The fraction of sp³-hybridized carbons (Fsp3) is 0.312. The number of hydrogen-bond acceptors (Lipinski definition) is 4. The van der Waals surface area contributed by atoms with Gasteiger partial charge in [-0.05, 0) is 42.7 Å². The molecule has 8 heteroatoms. The Morgan fingerprint density at radius 1 is 1.17 bits per heavy atom. The summed E-state index contributed by atoms with van der Waals surface area (Å²) in [5, 5.41) is 2.72. The largest absolute Gasteiger partial charge is 0.358 e. The molecule has 0 spiro atoms. The molecule has 2 N–H and O–H groups in total. The van der Waals surface area contributed by atoms with E-state index in [2.05, 4.69) is 10.0 Å². The van der Waals surface area contributed by atoms with Gasteiger partial charge in [-0.25, -0.2) is 8.42 Å². The standard InChI is InChI=1S/C16H17ClN2O3S2/c1-18-15(20)16(9-2-10-16)11-3-5-12(6-4-11)19-24(21,22)14-8-7-13(17)23-14/h3-8,19H,2,9-10H2,1H3,(H,18,20). The number of hydrogen-bond donors (Lipinski definition) is 2. The Kier molecular flexibility index (Phi) is 4.59. The van der Waals surface area contributed by atoms with Crippen molar-refractivity contribution in [2.45, 2.75) is 28.9 Å². The molecule has 1 saturated carbocycles. The van der Waals surface area contributed by atoms with Crippen molar-refractivity contribution >= 4 is 44.6 Å². The normalized spacial score (nSPS) is 16.2. The zero-order valence-corrected chi connectivity index (χ0v) is 15.4. The van der Waals surface area contributed by atoms with Gasteiger partial charge in [0, 0.05) is 12.7 Å². The molecule has 0 atom stereocenters. The van der Waals surface area contributed by atoms with E-state index in [0.717, 1.165) is 36.2 Å². The molecular weight excluding hydrogens is 368 g/mol. The topological polar surface area (TPSA) is 75.3 Å². The number of rotatable bonds is 5. The Hall–Kier alpha value is -1.57. The molecule has 0 aliphatic heterocycles. The molecular formula is C16H17ClN2O3S2. The third-order valence-electron chi connectivity index (χ3n) is 4.37. The van der Waals surface area contributed by atoms with Crippen LogP contribution in [0.4, 0.5) is 5.69 Å². The zero-order chi connectivity index (χ0) is 17.4. The molecule has 0 bridgehead atoms. The predicted molar refractivity (Wildman–Crippen MR) is 96.2 cm³/mol. The summed E-state index contributed by atoms with van der Waals surface area (Å²) >= 11 is 6.80. The van der Waals surface area contributed by atoms with Crippen LogP contribution < -0.4 is 10.0 Å². The number of nitrogens with one attached hydrogen (secondary N) is 2. The predicted octanol–water partition coefficient (Wildman–Crippen LogP) is 3.37. The van der Waals surface area contributed by atoms with Gasteiger partial charge in [0.05, 0.1) is 9.75 Å². The fourth-order valence-electron chi connectivity index (χ4n) is 2.92. The molecule has 24 heavy (non-hydrogen) atoms. The van der Waals surface area contributed by atoms with Gasteiger partial charge in [-0.15, -0.1) is 11.3 Å². The summed E-state index contributed by atoms with van der Waals surface area (Å²) in [4.78, 5) is 12.2. The molecule has 0 radical (unpaired) electrons. The van der Waals surface area contributed by atoms with Gasteiger partial charge in [-0.3, -0.25) is 9.52 Å². The van der Waals surface area contributed by atoms with Crippen LogP contribution in [-0.4, -0.2) is 21.4 Å². The van der Waals surface area contributed by atoms with Crippen LogP contribution in [0.15, 0.2) is 40.6 Å². The average Bonchev–Trinajstić information content (AvgIpc) is 2.95. The van der Waals surface area contributed by atoms with Crippen molar-refractivity contribution in [1.82, 2.24) is 5.32 Å². The number of anilines is 1. The lowest BCUT2D eigenvalue weighted by molar-refractivity contribution is -0.129. The maximum atomic E-state index is 12.3. The van der Waals surface area contributed by atoms with Crippen LogP contribution >= 0.6 is 22.9 Å². The van der Waals surface area contributed by atoms with Gasteiger partial charge in [0.2, 0.25) is 5.91 Å². The summed E-state index contributed by atoms with van der Waals surface area (Å²) in [6.07, 6.45) is 2.64. The number of likely N-dealkylation sites (N-methyl/N-ethyl adjacent to an activating group) is 1. The Bertz CT molecular complexity index is 856. The van der Waals surface area contributed by atoms with Gasteiger partial charge in [0.15, 0.2) is 0 Å². The third kappa shape index (κ3) is 3.03. The van der Waals surface area contributed by atoms with Gasteiger partial charge in [-0.2, -0.15) is 0 Å². The maximum absolute atomic E-state index is 12.3. The number of thiophene rings is 1. The monoisotopic (exact) mass is 384 g/mol. The van der Waals surface area contributed by atoms with Crippen LogP contribution in [0.5, 0.6) is 0 Å². The van der Waals surface area contributed by atoms with Crippen molar-refractivity contribution in [3.05, 3.63) is 46.3 Å². The molecule has 0 saturated heterocycles. The van der Waals surface area contributed by atoms with Crippen molar-refractivity contribution in [1.29, 1.82) is 0 Å². The second kappa shape index (κ2) is 6.38. The van der Waals surface area contributed by atoms with Crippen molar-refractivity contribution in [2.75, 3.05) is 11.8 Å². The van der Waals surface area contributed by atoms with Crippen molar-refractivity contribution in [3.8, 4) is 0 Å². The minimum atomic E-state index is -3.65. The van der Waals surface area contributed by atoms with Gasteiger partial charge >= 0.3 is 0 Å². The molecule has 1 aliphatic rings. The van der Waals surface area contributed by atoms with E-state index in [1.165, 1.54) is 6.07 Å². The number of halogens is 1. The van der Waals surface area contributed by atoms with E-state index in [0.29, 0.717) is 10.0 Å². The average molecular weight is 385 g/mol. The van der Waals surface area contributed by atoms with Gasteiger partial charge in [0.1, 0.15) is 4.21 Å². The number of carbonyl (C=O) groups is 1. The van der Waals surface area contributed by atoms with E-state index in [-0.39, 0.29) is 10.1 Å². The van der Waals surface area contributed by atoms with Crippen LogP contribution in [0, 0.1) is 0 Å². The first-order valence-corrected chi connectivity index (χ1v) is 10.2. The maximum Gasteiger partial charge on any atom is 0.271 e. The Balaban J connectivity index is 1.81. The minimum absolute atomic E-state index is 0.00954. The highest BCUT2D eigenvalue weighted by molar-refractivity contribution is 7.94. The Morgan fingerprint density at radius 3 is 2.29 bits per heavy atom. The number of amides is 1. The van der Waals surface area contributed by atoms with E-state index in [1.54, 1.807) is 25.2 Å². The second-order valence-corrected chi connectivity index (χ2v) is 9.38. The lowest BCUT2D eigenvalue weighted by Crippen LogP contribution is -2.48. The van der Waals surface area contributed by atoms with Crippen molar-refractivity contribution < 1.29 is 13.2 Å². The molecule has 1 aromatic heterocycles. The number of benzene rings is 1. The highest BCUT2D eigenvalue weighted by Gasteiger charge is 2.44. The Labute approximate surface area is 150 Å². The molecule has 3 rings (SSSR count). The van der Waals surface area contributed by atoms with E-state index < -0.39 is 15.4 Å². The smallest absolute Gasteiger partial charge is 0.271 e. The summed E-state index contributed by atoms with van der Waals surface area (Å²) in [5.41, 5.74) is 0.887. The quantitative estimate of drug-likeness (QED) is 0.829. The van der Waals surface area contributed by atoms with Crippen LogP contribution in [0.25, 0.3) is 0 Å². The third-order valence-corrected chi connectivity index (χ3v) is 7.48. The van der Waals surface area contributed by atoms with Crippen molar-refractivity contribution in [3.63, 3.8) is 0 Å². The van der Waals surface area contributed by atoms with Gasteiger partial charge < -0.3 is 5.32 Å². The lowest BCUT2D eigenvalue weighted by atomic mass is 9.64. The molecule has 2 aromatic rings. The van der Waals surface area contributed by atoms with E-state index in [9.17, 15) is 13.2 Å². The molecule has 0 unspecified atom stereocenters. The Morgan fingerprint density at radius 2 is 1.83 bits per heavy atom. The number of carbonyl (C=O) groups excluding carboxylic acids is 1. The summed E-state index contributed by atoms with van der Waals surface area (Å²) in [6, 6.07) is 10.0. The van der Waals surface area contributed by atoms with E-state index in [1.807, 2.05) is 12.1 Å². The number of sulfonamides is 1. The summed E-state index contributed by atoms with van der Waals surface area (Å²) < 4.78 is 27.7. The second-order valence-electron chi connectivity index (χ2n) is 5.76. The van der Waals surface area contributed by atoms with Gasteiger partial charge in [0.25, 0.3) is 10.0 Å². The molecule has 1 aromatic carbocycles. The molecule has 5 nitrogen and oxygen atoms in total. The molecule has 1 aliphatic carbocycles. The van der Waals surface area contributed by atoms with Crippen LogP contribution in [0.1, 0.15) is 24.8 Å². The highest BCUT2D eigenvalue weighted by Crippen LogP contribution is 2.44. The first-order chi connectivity index (χ1) is 11.4. The molecule has 1 fully saturated rings. The fourth-order valence-corrected chi connectivity index (χ4v) is 5.46. The van der Waals surface area contributed by atoms with E-state index >= 15 is 0 Å². The minimum Gasteiger partial charge on any atom is -0.358 e. The highest BCUT2D eigenvalue weighted by atomic mass is 35.5. The first kappa shape index (κ1) is 17.3. The van der Waals surface area contributed by atoms with Crippen molar-refractivity contribution in [2.24, 2.45) is 0 Å². The summed E-state index contributed by atoms with van der Waals surface area (Å²) in [5.74, 6) is 0.00954. The summed E-state index contributed by atoms with van der Waals surface area (Å²) in [6.45, 7) is 0. The lowest BCUT2D eigenvalue weighted by Gasteiger charge is -2.40. The van der Waals surface area contributed by atoms with Crippen LogP contribution in [0.2, 0.25) is 4.34 Å².